The highest BCUT2D eigenvalue weighted by Gasteiger charge is 2.18. The Balaban J connectivity index is 1.14. The van der Waals surface area contributed by atoms with Crippen molar-refractivity contribution >= 4 is 56.1 Å². The summed E-state index contributed by atoms with van der Waals surface area (Å²) in [6.07, 6.45) is 22.3. The lowest BCUT2D eigenvalue weighted by molar-refractivity contribution is 0.608. The summed E-state index contributed by atoms with van der Waals surface area (Å²) in [5.41, 5.74) is 8.25. The Labute approximate surface area is 340 Å². The smallest absolute Gasteiger partial charge is 0.0481 e. The molecule has 5 heterocycles. The zero-order valence-corrected chi connectivity index (χ0v) is 35.9. The van der Waals surface area contributed by atoms with Crippen LogP contribution < -0.4 is 0 Å². The van der Waals surface area contributed by atoms with Crippen LogP contribution in [0.2, 0.25) is 0 Å². The maximum atomic E-state index is 4.64. The van der Waals surface area contributed by atoms with Crippen molar-refractivity contribution in [3.63, 3.8) is 0 Å². The minimum Gasteiger partial charge on any atom is -0.264 e. The van der Waals surface area contributed by atoms with E-state index in [2.05, 4.69) is 118 Å². The third-order valence-electron chi connectivity index (χ3n) is 10.7. The monoisotopic (exact) mass is 785 g/mol. The molecule has 0 fully saturated rings. The van der Waals surface area contributed by atoms with Crippen molar-refractivity contribution in [3.05, 3.63) is 113 Å². The second-order valence-corrected chi connectivity index (χ2v) is 19.5. The van der Waals surface area contributed by atoms with Gasteiger partial charge in [0.2, 0.25) is 0 Å². The SMILES string of the molecule is CCCCCCCCc1cc(C)sc1-c1ccc(-c2ccc(-c3ccc(-c4sc(-c5ccc(C)cc5)cc4CCCCCCCC)s3)c3ccncc23)s1. The van der Waals surface area contributed by atoms with Crippen LogP contribution in [-0.4, -0.2) is 4.98 Å². The minimum absolute atomic E-state index is 1.15. The first kappa shape index (κ1) is 38.9. The highest BCUT2D eigenvalue weighted by Crippen LogP contribution is 2.47. The van der Waals surface area contributed by atoms with Crippen molar-refractivity contribution in [2.75, 3.05) is 0 Å². The molecule has 7 rings (SSSR count). The van der Waals surface area contributed by atoms with Gasteiger partial charge >= 0.3 is 0 Å². The average molecular weight is 786 g/mol. The number of pyridine rings is 1. The van der Waals surface area contributed by atoms with Gasteiger partial charge in [-0.3, -0.25) is 4.98 Å². The summed E-state index contributed by atoms with van der Waals surface area (Å²) in [6, 6.07) is 30.3. The van der Waals surface area contributed by atoms with Crippen LogP contribution in [0.4, 0.5) is 0 Å². The van der Waals surface area contributed by atoms with E-state index in [-0.39, 0.29) is 0 Å². The number of aryl methyl sites for hydroxylation is 4. The molecule has 0 atom stereocenters. The molecule has 0 saturated heterocycles. The first-order valence-electron chi connectivity index (χ1n) is 20.4. The Bertz CT molecular complexity index is 2240. The number of benzene rings is 2. The molecular formula is C49H55NS4. The van der Waals surface area contributed by atoms with Crippen LogP contribution >= 0.6 is 45.3 Å². The number of rotatable bonds is 19. The predicted octanol–water partition coefficient (Wildman–Crippen LogP) is 17.2. The van der Waals surface area contributed by atoms with Gasteiger partial charge in [-0.1, -0.05) is 120 Å². The summed E-state index contributed by atoms with van der Waals surface area (Å²) in [7, 11) is 0. The van der Waals surface area contributed by atoms with Gasteiger partial charge in [-0.2, -0.15) is 0 Å². The lowest BCUT2D eigenvalue weighted by Crippen LogP contribution is -1.86. The number of unbranched alkanes of at least 4 members (excludes halogenated alkanes) is 10. The Morgan fingerprint density at radius 3 is 1.63 bits per heavy atom. The molecule has 1 nitrogen and oxygen atoms in total. The molecule has 0 bridgehead atoms. The third-order valence-corrected chi connectivity index (χ3v) is 15.6. The van der Waals surface area contributed by atoms with E-state index >= 15 is 0 Å². The van der Waals surface area contributed by atoms with Gasteiger partial charge < -0.3 is 0 Å². The molecule has 7 aromatic rings. The van der Waals surface area contributed by atoms with Gasteiger partial charge in [-0.05, 0) is 110 Å². The lowest BCUT2D eigenvalue weighted by Gasteiger charge is -2.09. The molecule has 2 aromatic carbocycles. The molecule has 0 saturated carbocycles. The number of nitrogens with zero attached hydrogens (tertiary/aromatic N) is 1. The molecule has 0 spiro atoms. The predicted molar refractivity (Wildman–Crippen MR) is 244 cm³/mol. The summed E-state index contributed by atoms with van der Waals surface area (Å²) in [5.74, 6) is 0. The molecule has 5 heteroatoms. The first-order valence-corrected chi connectivity index (χ1v) is 23.7. The van der Waals surface area contributed by atoms with Gasteiger partial charge in [0.25, 0.3) is 0 Å². The van der Waals surface area contributed by atoms with Crippen molar-refractivity contribution in [2.24, 2.45) is 0 Å². The Morgan fingerprint density at radius 1 is 0.463 bits per heavy atom. The number of thiophene rings is 4. The number of hydrogen-bond acceptors (Lipinski definition) is 5. The molecule has 0 radical (unpaired) electrons. The van der Waals surface area contributed by atoms with Crippen molar-refractivity contribution in [2.45, 2.75) is 118 Å². The van der Waals surface area contributed by atoms with E-state index in [1.54, 1.807) is 0 Å². The molecular weight excluding hydrogens is 731 g/mol. The van der Waals surface area contributed by atoms with E-state index in [4.69, 9.17) is 0 Å². The fourth-order valence-corrected chi connectivity index (χ4v) is 12.3. The average Bonchev–Trinajstić information content (AvgIpc) is 4.01. The topological polar surface area (TPSA) is 12.9 Å². The molecule has 280 valence electrons. The molecule has 0 N–H and O–H groups in total. The standard InChI is InChI=1S/C49H55NS4/c1-5-7-9-11-13-15-17-37-31-35(4)51-48(37)45-27-26-44(53-45)41-24-23-40(39-29-30-50-33-42(39)41)43-25-28-46(52-43)49-38(18-16-14-12-10-8-6-2)32-47(54-49)36-21-19-34(3)20-22-36/h19-33H,5-18H2,1-4H3. The largest absolute Gasteiger partial charge is 0.264 e. The third kappa shape index (κ3) is 9.36. The molecule has 0 unspecified atom stereocenters. The molecule has 0 aliphatic heterocycles. The van der Waals surface area contributed by atoms with E-state index in [0.717, 1.165) is 6.42 Å². The van der Waals surface area contributed by atoms with Crippen molar-refractivity contribution in [1.82, 2.24) is 4.98 Å². The van der Waals surface area contributed by atoms with Gasteiger partial charge in [0.1, 0.15) is 0 Å². The molecule has 5 aromatic heterocycles. The molecule has 0 aliphatic carbocycles. The zero-order chi connectivity index (χ0) is 37.3. The molecule has 54 heavy (non-hydrogen) atoms. The van der Waals surface area contributed by atoms with Crippen LogP contribution in [0.1, 0.15) is 112 Å². The Hall–Kier alpha value is -3.35. The highest BCUT2D eigenvalue weighted by atomic mass is 32.1. The van der Waals surface area contributed by atoms with Crippen LogP contribution in [-0.2, 0) is 12.8 Å². The Morgan fingerprint density at radius 2 is 1.00 bits per heavy atom. The van der Waals surface area contributed by atoms with E-state index in [1.807, 2.05) is 51.5 Å². The molecule has 0 amide bonds. The number of hydrogen-bond donors (Lipinski definition) is 0. The molecule has 0 aliphatic rings. The first-order chi connectivity index (χ1) is 26.5. The fourth-order valence-electron chi connectivity index (χ4n) is 7.67. The normalized spacial score (nSPS) is 11.6. The lowest BCUT2D eigenvalue weighted by atomic mass is 9.99. The minimum atomic E-state index is 1.15. The van der Waals surface area contributed by atoms with Crippen molar-refractivity contribution in [1.29, 1.82) is 0 Å². The summed E-state index contributed by atoms with van der Waals surface area (Å²) in [4.78, 5) is 15.8. The van der Waals surface area contributed by atoms with Gasteiger partial charge in [0.15, 0.2) is 0 Å². The maximum Gasteiger partial charge on any atom is 0.0481 e. The van der Waals surface area contributed by atoms with E-state index in [0.29, 0.717) is 0 Å². The van der Waals surface area contributed by atoms with Crippen molar-refractivity contribution < 1.29 is 0 Å². The van der Waals surface area contributed by atoms with Crippen LogP contribution in [0.25, 0.3) is 61.6 Å². The van der Waals surface area contributed by atoms with Gasteiger partial charge in [0.05, 0.1) is 0 Å². The maximum absolute atomic E-state index is 4.64. The summed E-state index contributed by atoms with van der Waals surface area (Å²) in [6.45, 7) is 9.03. The van der Waals surface area contributed by atoms with Crippen molar-refractivity contribution in [3.8, 4) is 50.8 Å². The zero-order valence-electron chi connectivity index (χ0n) is 32.6. The highest BCUT2D eigenvalue weighted by molar-refractivity contribution is 7.25. The Kier molecular flexibility index (Phi) is 13.7. The number of aromatic nitrogens is 1. The van der Waals surface area contributed by atoms with Crippen LogP contribution in [0.15, 0.2) is 91.3 Å². The summed E-state index contributed by atoms with van der Waals surface area (Å²) < 4.78 is 0. The van der Waals surface area contributed by atoms with Crippen LogP contribution in [0.5, 0.6) is 0 Å². The summed E-state index contributed by atoms with van der Waals surface area (Å²) >= 11 is 7.81. The van der Waals surface area contributed by atoms with Crippen LogP contribution in [0.3, 0.4) is 0 Å². The van der Waals surface area contributed by atoms with Gasteiger partial charge in [0, 0.05) is 62.4 Å². The van der Waals surface area contributed by atoms with E-state index in [1.165, 1.54) is 167 Å². The van der Waals surface area contributed by atoms with Gasteiger partial charge in [-0.15, -0.1) is 45.3 Å². The van der Waals surface area contributed by atoms with Gasteiger partial charge in [-0.25, -0.2) is 0 Å². The fraction of sp³-hybridized carbons (Fsp3) is 0.367. The summed E-state index contributed by atoms with van der Waals surface area (Å²) in [5, 5.41) is 2.51. The van der Waals surface area contributed by atoms with E-state index < -0.39 is 0 Å². The second kappa shape index (κ2) is 19.0. The number of fused-ring (bicyclic) bond motifs is 1. The quantitative estimate of drug-likeness (QED) is 0.0744. The van der Waals surface area contributed by atoms with Crippen LogP contribution in [0, 0.1) is 13.8 Å². The second-order valence-electron chi connectivity index (χ2n) is 15.0. The van der Waals surface area contributed by atoms with E-state index in [9.17, 15) is 0 Å².